The zero-order chi connectivity index (χ0) is 13.1. The molecule has 0 spiro atoms. The number of carbonyl (C=O) groups excluding carboxylic acids is 1. The van der Waals surface area contributed by atoms with Crippen LogP contribution in [-0.4, -0.2) is 36.5 Å². The van der Waals surface area contributed by atoms with Crippen molar-refractivity contribution in [2.24, 2.45) is 0 Å². The molecule has 0 aromatic carbocycles. The molecule has 6 heteroatoms. The first kappa shape index (κ1) is 12.8. The van der Waals surface area contributed by atoms with Crippen LogP contribution in [0.25, 0.3) is 10.2 Å². The van der Waals surface area contributed by atoms with Crippen molar-refractivity contribution >= 4 is 33.3 Å². The van der Waals surface area contributed by atoms with Crippen LogP contribution >= 0.6 is 11.3 Å². The molecule has 0 aliphatic carbocycles. The van der Waals surface area contributed by atoms with Gasteiger partial charge < -0.3 is 10.2 Å². The molecule has 0 aliphatic heterocycles. The Morgan fingerprint density at radius 1 is 1.50 bits per heavy atom. The second-order valence-electron chi connectivity index (χ2n) is 4.01. The third kappa shape index (κ3) is 2.43. The largest absolute Gasteiger partial charge is 0.358 e. The van der Waals surface area contributed by atoms with E-state index in [2.05, 4.69) is 28.3 Å². The van der Waals surface area contributed by atoms with E-state index < -0.39 is 0 Å². The number of nitrogens with zero attached hydrogens (tertiary/aromatic N) is 3. The molecule has 2 aromatic heterocycles. The molecule has 96 valence electrons. The van der Waals surface area contributed by atoms with Gasteiger partial charge in [-0.3, -0.25) is 4.79 Å². The molecule has 0 bridgehead atoms. The van der Waals surface area contributed by atoms with Crippen LogP contribution < -0.4 is 10.2 Å². The summed E-state index contributed by atoms with van der Waals surface area (Å²) in [6, 6.07) is 2.11. The minimum atomic E-state index is -0.0322. The van der Waals surface area contributed by atoms with Gasteiger partial charge in [-0.2, -0.15) is 0 Å². The van der Waals surface area contributed by atoms with E-state index in [-0.39, 0.29) is 5.91 Å². The lowest BCUT2D eigenvalue weighted by atomic mass is 10.3. The Morgan fingerprint density at radius 3 is 2.94 bits per heavy atom. The van der Waals surface area contributed by atoms with Crippen molar-refractivity contribution in [1.29, 1.82) is 0 Å². The smallest absolute Gasteiger partial charge is 0.239 e. The summed E-state index contributed by atoms with van der Waals surface area (Å²) in [5.74, 6) is 0.773. The molecule has 5 nitrogen and oxygen atoms in total. The maximum Gasteiger partial charge on any atom is 0.239 e. The van der Waals surface area contributed by atoms with Crippen LogP contribution in [0.1, 0.15) is 11.8 Å². The molecular formula is C12H16N4OS. The SMILES string of the molecule is CCc1cc2c(N(C)CC(=O)NC)ncnc2s1. The van der Waals surface area contributed by atoms with Crippen LogP contribution in [0.5, 0.6) is 0 Å². The van der Waals surface area contributed by atoms with Gasteiger partial charge in [0.1, 0.15) is 17.0 Å². The van der Waals surface area contributed by atoms with Crippen molar-refractivity contribution in [3.63, 3.8) is 0 Å². The predicted molar refractivity (Wildman–Crippen MR) is 74.1 cm³/mol. The van der Waals surface area contributed by atoms with Crippen LogP contribution in [0.2, 0.25) is 0 Å². The number of rotatable bonds is 4. The van der Waals surface area contributed by atoms with E-state index in [4.69, 9.17) is 0 Å². The van der Waals surface area contributed by atoms with Crippen molar-refractivity contribution in [3.05, 3.63) is 17.3 Å². The van der Waals surface area contributed by atoms with Gasteiger partial charge in [0.15, 0.2) is 0 Å². The van der Waals surface area contributed by atoms with Gasteiger partial charge in [-0.05, 0) is 12.5 Å². The lowest BCUT2D eigenvalue weighted by Gasteiger charge is -2.17. The van der Waals surface area contributed by atoms with E-state index >= 15 is 0 Å². The van der Waals surface area contributed by atoms with E-state index in [1.165, 1.54) is 4.88 Å². The Balaban J connectivity index is 2.37. The van der Waals surface area contributed by atoms with Gasteiger partial charge >= 0.3 is 0 Å². The maximum absolute atomic E-state index is 11.4. The first-order chi connectivity index (χ1) is 8.65. The fourth-order valence-corrected chi connectivity index (χ4v) is 2.67. The zero-order valence-electron chi connectivity index (χ0n) is 10.7. The second kappa shape index (κ2) is 5.30. The first-order valence-electron chi connectivity index (χ1n) is 5.80. The van der Waals surface area contributed by atoms with Gasteiger partial charge in [-0.1, -0.05) is 6.92 Å². The summed E-state index contributed by atoms with van der Waals surface area (Å²) in [6.45, 7) is 2.41. The summed E-state index contributed by atoms with van der Waals surface area (Å²) in [7, 11) is 3.49. The third-order valence-corrected chi connectivity index (χ3v) is 3.92. The number of anilines is 1. The fourth-order valence-electron chi connectivity index (χ4n) is 1.74. The molecule has 0 saturated heterocycles. The molecule has 0 atom stereocenters. The summed E-state index contributed by atoms with van der Waals surface area (Å²) in [4.78, 5) is 24.0. The second-order valence-corrected chi connectivity index (χ2v) is 5.13. The van der Waals surface area contributed by atoms with Crippen molar-refractivity contribution in [2.45, 2.75) is 13.3 Å². The molecule has 1 N–H and O–H groups in total. The van der Waals surface area contributed by atoms with E-state index in [1.807, 2.05) is 11.9 Å². The van der Waals surface area contributed by atoms with E-state index in [1.54, 1.807) is 24.7 Å². The minimum Gasteiger partial charge on any atom is -0.358 e. The van der Waals surface area contributed by atoms with Crippen molar-refractivity contribution in [2.75, 3.05) is 25.5 Å². The molecule has 0 fully saturated rings. The Morgan fingerprint density at radius 2 is 2.28 bits per heavy atom. The number of aryl methyl sites for hydroxylation is 1. The van der Waals surface area contributed by atoms with Gasteiger partial charge in [-0.25, -0.2) is 9.97 Å². The van der Waals surface area contributed by atoms with E-state index in [0.717, 1.165) is 22.5 Å². The Bertz CT molecular complexity index is 566. The molecule has 0 aliphatic rings. The van der Waals surface area contributed by atoms with Gasteiger partial charge in [0, 0.05) is 19.0 Å². The zero-order valence-corrected chi connectivity index (χ0v) is 11.5. The highest BCUT2D eigenvalue weighted by atomic mass is 32.1. The third-order valence-electron chi connectivity index (χ3n) is 2.73. The first-order valence-corrected chi connectivity index (χ1v) is 6.62. The lowest BCUT2D eigenvalue weighted by Crippen LogP contribution is -2.33. The molecule has 18 heavy (non-hydrogen) atoms. The molecule has 1 amide bonds. The number of hydrogen-bond acceptors (Lipinski definition) is 5. The van der Waals surface area contributed by atoms with Gasteiger partial charge in [0.2, 0.25) is 5.91 Å². The molecule has 0 radical (unpaired) electrons. The number of nitrogens with one attached hydrogen (secondary N) is 1. The molecule has 2 heterocycles. The molecule has 0 saturated carbocycles. The Labute approximate surface area is 110 Å². The summed E-state index contributed by atoms with van der Waals surface area (Å²) in [5.41, 5.74) is 0. The van der Waals surface area contributed by atoms with Crippen LogP contribution in [0, 0.1) is 0 Å². The Kier molecular flexibility index (Phi) is 3.76. The molecule has 2 rings (SSSR count). The topological polar surface area (TPSA) is 58.1 Å². The number of aromatic nitrogens is 2. The number of amides is 1. The summed E-state index contributed by atoms with van der Waals surface area (Å²) < 4.78 is 0. The highest BCUT2D eigenvalue weighted by Crippen LogP contribution is 2.29. The maximum atomic E-state index is 11.4. The van der Waals surface area contributed by atoms with E-state index in [0.29, 0.717) is 6.54 Å². The minimum absolute atomic E-state index is 0.0322. The summed E-state index contributed by atoms with van der Waals surface area (Å²) >= 11 is 1.68. The Hall–Kier alpha value is -1.69. The number of thiophene rings is 1. The van der Waals surface area contributed by atoms with Crippen molar-refractivity contribution < 1.29 is 4.79 Å². The van der Waals surface area contributed by atoms with Crippen molar-refractivity contribution in [3.8, 4) is 0 Å². The molecular weight excluding hydrogens is 248 g/mol. The van der Waals surface area contributed by atoms with Gasteiger partial charge in [0.25, 0.3) is 0 Å². The average molecular weight is 264 g/mol. The van der Waals surface area contributed by atoms with Gasteiger partial charge in [-0.15, -0.1) is 11.3 Å². The number of fused-ring (bicyclic) bond motifs is 1. The van der Waals surface area contributed by atoms with Crippen LogP contribution in [-0.2, 0) is 11.2 Å². The van der Waals surface area contributed by atoms with Crippen LogP contribution in [0.4, 0.5) is 5.82 Å². The number of hydrogen-bond donors (Lipinski definition) is 1. The van der Waals surface area contributed by atoms with Gasteiger partial charge in [0.05, 0.1) is 11.9 Å². The fraction of sp³-hybridized carbons (Fsp3) is 0.417. The van der Waals surface area contributed by atoms with Crippen molar-refractivity contribution in [1.82, 2.24) is 15.3 Å². The highest BCUT2D eigenvalue weighted by molar-refractivity contribution is 7.18. The van der Waals surface area contributed by atoms with Crippen LogP contribution in [0.15, 0.2) is 12.4 Å². The summed E-state index contributed by atoms with van der Waals surface area (Å²) in [5, 5.41) is 3.63. The van der Waals surface area contributed by atoms with E-state index in [9.17, 15) is 4.79 Å². The predicted octanol–water partition coefficient (Wildman–Crippen LogP) is 1.44. The average Bonchev–Trinajstić information content (AvgIpc) is 2.80. The highest BCUT2D eigenvalue weighted by Gasteiger charge is 2.13. The standard InChI is InChI=1S/C12H16N4OS/c1-4-8-5-9-11(14-7-15-12(9)18-8)16(3)6-10(17)13-2/h5,7H,4,6H2,1-3H3,(H,13,17). The molecule has 0 unspecified atom stereocenters. The quantitative estimate of drug-likeness (QED) is 0.907. The van der Waals surface area contributed by atoms with Crippen LogP contribution in [0.3, 0.4) is 0 Å². The normalized spacial score (nSPS) is 10.6. The monoisotopic (exact) mass is 264 g/mol. The number of carbonyl (C=O) groups is 1. The lowest BCUT2D eigenvalue weighted by molar-refractivity contribution is -0.119. The molecule has 2 aromatic rings. The number of likely N-dealkylation sites (N-methyl/N-ethyl adjacent to an activating group) is 2. The summed E-state index contributed by atoms with van der Waals surface area (Å²) in [6.07, 6.45) is 2.54.